The van der Waals surface area contributed by atoms with Crippen LogP contribution in [0, 0.1) is 6.92 Å². The maximum Gasteiger partial charge on any atom is 0.248 e. The Morgan fingerprint density at radius 2 is 2.06 bits per heavy atom. The van der Waals surface area contributed by atoms with Gasteiger partial charge in [-0.2, -0.15) is 5.10 Å². The largest absolute Gasteiger partial charge is 0.378 e. The lowest BCUT2D eigenvalue weighted by Gasteiger charge is -2.05. The third-order valence-electron chi connectivity index (χ3n) is 2.73. The highest BCUT2D eigenvalue weighted by atomic mass is 16.1. The van der Waals surface area contributed by atoms with Crippen LogP contribution >= 0.6 is 0 Å². The van der Waals surface area contributed by atoms with E-state index in [0.717, 1.165) is 16.9 Å². The highest BCUT2D eigenvalue weighted by Crippen LogP contribution is 2.13. The van der Waals surface area contributed by atoms with Crippen molar-refractivity contribution < 1.29 is 4.79 Å². The van der Waals surface area contributed by atoms with E-state index in [1.54, 1.807) is 16.8 Å². The molecule has 1 aromatic heterocycles. The third-order valence-corrected chi connectivity index (χ3v) is 2.73. The molecule has 2 rings (SSSR count). The molecule has 5 heteroatoms. The fraction of sp³-hybridized carbons (Fsp3) is 0.231. The number of rotatable bonds is 4. The van der Waals surface area contributed by atoms with E-state index >= 15 is 0 Å². The Kier molecular flexibility index (Phi) is 3.32. The molecule has 0 aliphatic rings. The lowest BCUT2D eigenvalue weighted by Crippen LogP contribution is -2.10. The molecule has 0 saturated carbocycles. The zero-order valence-electron chi connectivity index (χ0n) is 10.5. The van der Waals surface area contributed by atoms with E-state index in [0.29, 0.717) is 12.1 Å². The molecule has 1 aromatic carbocycles. The maximum absolute atomic E-state index is 10.9. The van der Waals surface area contributed by atoms with Crippen molar-refractivity contribution in [2.75, 3.05) is 5.32 Å². The molecule has 0 radical (unpaired) electrons. The van der Waals surface area contributed by atoms with E-state index in [9.17, 15) is 4.79 Å². The number of benzene rings is 1. The van der Waals surface area contributed by atoms with Crippen LogP contribution in [0.15, 0.2) is 30.5 Å². The van der Waals surface area contributed by atoms with Gasteiger partial charge in [-0.25, -0.2) is 0 Å². The molecule has 0 aliphatic carbocycles. The van der Waals surface area contributed by atoms with Gasteiger partial charge in [0.1, 0.15) is 0 Å². The molecule has 1 heterocycles. The van der Waals surface area contributed by atoms with Crippen molar-refractivity contribution in [3.63, 3.8) is 0 Å². The highest BCUT2D eigenvalue weighted by molar-refractivity contribution is 5.92. The van der Waals surface area contributed by atoms with Crippen LogP contribution in [0.5, 0.6) is 0 Å². The van der Waals surface area contributed by atoms with Crippen LogP contribution < -0.4 is 11.1 Å². The number of primary amides is 1. The Labute approximate surface area is 106 Å². The first-order chi connectivity index (χ1) is 8.56. The summed E-state index contributed by atoms with van der Waals surface area (Å²) >= 11 is 0. The summed E-state index contributed by atoms with van der Waals surface area (Å²) in [7, 11) is 1.89. The summed E-state index contributed by atoms with van der Waals surface area (Å²) in [5, 5.41) is 7.55. The van der Waals surface area contributed by atoms with Gasteiger partial charge < -0.3 is 11.1 Å². The second-order valence-corrected chi connectivity index (χ2v) is 4.22. The molecule has 0 spiro atoms. The summed E-state index contributed by atoms with van der Waals surface area (Å²) in [5.41, 5.74) is 8.77. The van der Waals surface area contributed by atoms with Crippen LogP contribution in [0.4, 0.5) is 5.69 Å². The van der Waals surface area contributed by atoms with Gasteiger partial charge >= 0.3 is 0 Å². The lowest BCUT2D eigenvalue weighted by molar-refractivity contribution is 0.100. The monoisotopic (exact) mass is 244 g/mol. The summed E-state index contributed by atoms with van der Waals surface area (Å²) in [5.74, 6) is -0.405. The molecule has 0 bridgehead atoms. The van der Waals surface area contributed by atoms with Gasteiger partial charge in [0.05, 0.1) is 11.4 Å². The summed E-state index contributed by atoms with van der Waals surface area (Å²) in [6.07, 6.45) is 1.94. The second-order valence-electron chi connectivity index (χ2n) is 4.22. The quantitative estimate of drug-likeness (QED) is 0.854. The van der Waals surface area contributed by atoms with Crippen molar-refractivity contribution in [3.8, 4) is 0 Å². The van der Waals surface area contributed by atoms with E-state index in [1.807, 2.05) is 32.3 Å². The van der Waals surface area contributed by atoms with Crippen molar-refractivity contribution in [1.29, 1.82) is 0 Å². The van der Waals surface area contributed by atoms with Crippen LogP contribution in [0.25, 0.3) is 0 Å². The molecule has 0 atom stereocenters. The average molecular weight is 244 g/mol. The van der Waals surface area contributed by atoms with Crippen molar-refractivity contribution in [1.82, 2.24) is 9.78 Å². The Balaban J connectivity index is 2.02. The minimum absolute atomic E-state index is 0.405. The number of carbonyl (C=O) groups is 1. The van der Waals surface area contributed by atoms with Gasteiger partial charge in [0.2, 0.25) is 5.91 Å². The van der Waals surface area contributed by atoms with E-state index in [-0.39, 0.29) is 0 Å². The van der Waals surface area contributed by atoms with E-state index < -0.39 is 5.91 Å². The van der Waals surface area contributed by atoms with Crippen LogP contribution in [-0.2, 0) is 13.6 Å². The van der Waals surface area contributed by atoms with Crippen molar-refractivity contribution in [2.24, 2.45) is 12.8 Å². The predicted molar refractivity (Wildman–Crippen MR) is 70.2 cm³/mol. The first-order valence-corrected chi connectivity index (χ1v) is 5.69. The van der Waals surface area contributed by atoms with Crippen molar-refractivity contribution >= 4 is 11.6 Å². The molecule has 5 nitrogen and oxygen atoms in total. The molecule has 0 fully saturated rings. The number of aromatic nitrogens is 2. The first-order valence-electron chi connectivity index (χ1n) is 5.69. The average Bonchev–Trinajstić information content (AvgIpc) is 2.66. The molecule has 0 saturated heterocycles. The number of carbonyl (C=O) groups excluding carboxylic acids is 1. The molecule has 18 heavy (non-hydrogen) atoms. The number of hydrogen-bond acceptors (Lipinski definition) is 3. The van der Waals surface area contributed by atoms with Crippen LogP contribution in [0.1, 0.15) is 21.6 Å². The SMILES string of the molecule is Cc1nn(C)cc1NCc1ccc(C(N)=O)cc1. The summed E-state index contributed by atoms with van der Waals surface area (Å²) < 4.78 is 1.77. The zero-order valence-corrected chi connectivity index (χ0v) is 10.5. The number of amides is 1. The second kappa shape index (κ2) is 4.91. The lowest BCUT2D eigenvalue weighted by atomic mass is 10.1. The molecule has 3 N–H and O–H groups in total. The van der Waals surface area contributed by atoms with Gasteiger partial charge in [-0.1, -0.05) is 12.1 Å². The summed E-state index contributed by atoms with van der Waals surface area (Å²) in [4.78, 5) is 10.9. The fourth-order valence-corrected chi connectivity index (χ4v) is 1.76. The predicted octanol–water partition coefficient (Wildman–Crippen LogP) is 1.44. The first kappa shape index (κ1) is 12.2. The number of nitrogens with zero attached hydrogens (tertiary/aromatic N) is 2. The minimum atomic E-state index is -0.405. The smallest absolute Gasteiger partial charge is 0.248 e. The molecular weight excluding hydrogens is 228 g/mol. The van der Waals surface area contributed by atoms with Crippen molar-refractivity contribution in [3.05, 3.63) is 47.3 Å². The summed E-state index contributed by atoms with van der Waals surface area (Å²) in [6.45, 7) is 2.64. The summed E-state index contributed by atoms with van der Waals surface area (Å²) in [6, 6.07) is 7.24. The van der Waals surface area contributed by atoms with E-state index in [1.165, 1.54) is 0 Å². The van der Waals surface area contributed by atoms with E-state index in [4.69, 9.17) is 5.73 Å². The molecule has 0 unspecified atom stereocenters. The van der Waals surface area contributed by atoms with Gasteiger partial charge in [-0.05, 0) is 24.6 Å². The zero-order chi connectivity index (χ0) is 13.1. The highest BCUT2D eigenvalue weighted by Gasteiger charge is 2.03. The Hall–Kier alpha value is -2.30. The van der Waals surface area contributed by atoms with E-state index in [2.05, 4.69) is 10.4 Å². The molecule has 2 aromatic rings. The number of aryl methyl sites for hydroxylation is 2. The Morgan fingerprint density at radius 1 is 1.39 bits per heavy atom. The molecule has 0 aliphatic heterocycles. The Bertz CT molecular complexity index is 557. The van der Waals surface area contributed by atoms with Gasteiger partial charge in [0.15, 0.2) is 0 Å². The van der Waals surface area contributed by atoms with Gasteiger partial charge in [0, 0.05) is 25.4 Å². The van der Waals surface area contributed by atoms with Gasteiger partial charge in [-0.15, -0.1) is 0 Å². The van der Waals surface area contributed by atoms with Crippen LogP contribution in [-0.4, -0.2) is 15.7 Å². The number of nitrogens with two attached hydrogens (primary N) is 1. The number of hydrogen-bond donors (Lipinski definition) is 2. The maximum atomic E-state index is 10.9. The van der Waals surface area contributed by atoms with Crippen LogP contribution in [0.3, 0.4) is 0 Å². The van der Waals surface area contributed by atoms with Crippen molar-refractivity contribution in [2.45, 2.75) is 13.5 Å². The molecule has 1 amide bonds. The third kappa shape index (κ3) is 2.68. The molecular formula is C13H16N4O. The van der Waals surface area contributed by atoms with Gasteiger partial charge in [-0.3, -0.25) is 9.48 Å². The standard InChI is InChI=1S/C13H16N4O/c1-9-12(8-17(2)16-9)15-7-10-3-5-11(6-4-10)13(14)18/h3-6,8,15H,7H2,1-2H3,(H2,14,18). The normalized spacial score (nSPS) is 10.3. The van der Waals surface area contributed by atoms with Gasteiger partial charge in [0.25, 0.3) is 0 Å². The number of nitrogens with one attached hydrogen (secondary N) is 1. The van der Waals surface area contributed by atoms with Crippen LogP contribution in [0.2, 0.25) is 0 Å². The molecule has 94 valence electrons. The number of anilines is 1. The Morgan fingerprint density at radius 3 is 2.56 bits per heavy atom. The fourth-order valence-electron chi connectivity index (χ4n) is 1.76. The topological polar surface area (TPSA) is 72.9 Å². The minimum Gasteiger partial charge on any atom is -0.378 e.